The van der Waals surface area contributed by atoms with Crippen LogP contribution in [0.1, 0.15) is 0 Å². The molecule has 0 fully saturated rings. The summed E-state index contributed by atoms with van der Waals surface area (Å²) < 4.78 is 0. The van der Waals surface area contributed by atoms with Gasteiger partial charge in [0, 0.05) is 30.1 Å². The smallest absolute Gasteiger partial charge is 0.868 e. The fraction of sp³-hybridized carbons (Fsp3) is 0. The maximum atomic E-state index is 13.0. The van der Waals surface area contributed by atoms with Crippen molar-refractivity contribution in [1.82, 2.24) is 9.97 Å². The van der Waals surface area contributed by atoms with Crippen LogP contribution in [0.15, 0.2) is 134 Å². The molecule has 0 radical (unpaired) electrons. The SMILES string of the molecule is [Li+].[Li+].[O-]c1ccc(-c2c3ccccc3c(-c3ccc([O-])c4[nH+]cccc34)c3c2ccc2c(-c4cncnc4)cccc23)c2ccc[nH+]c12. The summed E-state index contributed by atoms with van der Waals surface area (Å²) in [5.41, 5.74) is 7.13. The van der Waals surface area contributed by atoms with Gasteiger partial charge in [-0.3, -0.25) is 0 Å². The van der Waals surface area contributed by atoms with Crippen LogP contribution in [0.4, 0.5) is 0 Å². The number of rotatable bonds is 3. The Labute approximate surface area is 299 Å². The van der Waals surface area contributed by atoms with E-state index in [1.54, 1.807) is 24.5 Å². The summed E-state index contributed by atoms with van der Waals surface area (Å²) in [7, 11) is 0. The monoisotopic (exact) mass is 606 g/mol. The molecule has 2 N–H and O–H groups in total. The van der Waals surface area contributed by atoms with E-state index in [-0.39, 0.29) is 49.2 Å². The van der Waals surface area contributed by atoms with Crippen LogP contribution in [0.25, 0.3) is 87.5 Å². The third-order valence-corrected chi connectivity index (χ3v) is 9.04. The van der Waals surface area contributed by atoms with Crippen molar-refractivity contribution in [3.8, 4) is 44.9 Å². The van der Waals surface area contributed by atoms with Gasteiger partial charge in [-0.2, -0.15) is 0 Å². The number of hydrogen-bond donors (Lipinski definition) is 0. The molecule has 0 aliphatic carbocycles. The van der Waals surface area contributed by atoms with Crippen molar-refractivity contribution in [2.24, 2.45) is 0 Å². The third kappa shape index (κ3) is 4.74. The van der Waals surface area contributed by atoms with Crippen LogP contribution >= 0.6 is 0 Å². The fourth-order valence-electron chi connectivity index (χ4n) is 7.12. The number of hydrogen-bond acceptors (Lipinski definition) is 4. The van der Waals surface area contributed by atoms with Gasteiger partial charge >= 0.3 is 37.7 Å². The van der Waals surface area contributed by atoms with Gasteiger partial charge in [-0.1, -0.05) is 78.9 Å². The zero-order valence-electron chi connectivity index (χ0n) is 26.4. The molecule has 0 unspecified atom stereocenters. The van der Waals surface area contributed by atoms with Gasteiger partial charge in [0.25, 0.3) is 0 Å². The van der Waals surface area contributed by atoms with Gasteiger partial charge in [0.15, 0.2) is 12.4 Å². The number of pyridine rings is 2. The van der Waals surface area contributed by atoms with E-state index < -0.39 is 0 Å². The molecule has 216 valence electrons. The summed E-state index contributed by atoms with van der Waals surface area (Å²) in [6.45, 7) is 0. The molecule has 6 nitrogen and oxygen atoms in total. The topological polar surface area (TPSA) is 100 Å². The van der Waals surface area contributed by atoms with Crippen LogP contribution in [-0.4, -0.2) is 9.97 Å². The van der Waals surface area contributed by atoms with Gasteiger partial charge in [0.1, 0.15) is 6.33 Å². The number of H-pyrrole nitrogens is 2. The molecular weight excluding hydrogens is 582 g/mol. The Balaban J connectivity index is 0.00000182. The van der Waals surface area contributed by atoms with Crippen molar-refractivity contribution in [3.05, 3.63) is 134 Å². The summed E-state index contributed by atoms with van der Waals surface area (Å²) in [6, 6.07) is 34.2. The number of fused-ring (bicyclic) bond motifs is 6. The maximum absolute atomic E-state index is 13.0. The number of aromatic nitrogens is 4. The zero-order valence-corrected chi connectivity index (χ0v) is 26.4. The quantitative estimate of drug-likeness (QED) is 0.170. The second-order valence-corrected chi connectivity index (χ2v) is 11.5. The Kier molecular flexibility index (Phi) is 8.13. The molecule has 0 atom stereocenters. The first kappa shape index (κ1) is 31.4. The Hall–Kier alpha value is -5.21. The van der Waals surface area contributed by atoms with Gasteiger partial charge in [-0.15, -0.1) is 0 Å². The summed E-state index contributed by atoms with van der Waals surface area (Å²) in [6.07, 6.45) is 8.79. The van der Waals surface area contributed by atoms with Crippen LogP contribution in [-0.2, 0) is 0 Å². The second-order valence-electron chi connectivity index (χ2n) is 11.5. The Morgan fingerprint density at radius 3 is 1.62 bits per heavy atom. The van der Waals surface area contributed by atoms with Crippen molar-refractivity contribution < 1.29 is 57.9 Å². The molecule has 8 heteroatoms. The van der Waals surface area contributed by atoms with Gasteiger partial charge < -0.3 is 10.2 Å². The molecule has 0 aliphatic heterocycles. The minimum atomic E-state index is -0.0544. The molecule has 9 aromatic rings. The summed E-state index contributed by atoms with van der Waals surface area (Å²) in [5.74, 6) is -0.105. The minimum absolute atomic E-state index is 0. The number of nitrogens with one attached hydrogen (secondary N) is 2. The number of nitrogens with zero attached hydrogens (tertiary/aromatic N) is 2. The Morgan fingerprint density at radius 2 is 0.979 bits per heavy atom. The van der Waals surface area contributed by atoms with Crippen LogP contribution in [0, 0.1) is 0 Å². The van der Waals surface area contributed by atoms with E-state index in [2.05, 4.69) is 74.5 Å². The van der Waals surface area contributed by atoms with E-state index >= 15 is 0 Å². The standard InChI is InChI=1S/C40H24N4O2.2Li/c45-34-16-14-29(31-10-4-18-43-39(31)34)36-27-6-1-2-7-28(27)37(30-15-17-35(46)40-32(30)11-5-19-44-40)38-26-9-3-8-24(23-20-41-22-42-21-23)25(26)12-13-33(36)38;;/h1-22,45-46H;;/q;2*+1. The predicted octanol–water partition coefficient (Wildman–Crippen LogP) is 1.03. The number of aromatic amines is 2. The largest absolute Gasteiger partial charge is 1.00 e. The van der Waals surface area contributed by atoms with E-state index in [9.17, 15) is 10.2 Å². The van der Waals surface area contributed by atoms with Crippen molar-refractivity contribution >= 4 is 54.1 Å². The van der Waals surface area contributed by atoms with Gasteiger partial charge in [-0.05, 0) is 83.8 Å². The molecule has 0 saturated carbocycles. The van der Waals surface area contributed by atoms with Gasteiger partial charge in [-0.25, -0.2) is 19.9 Å². The molecule has 48 heavy (non-hydrogen) atoms. The molecule has 3 heterocycles. The van der Waals surface area contributed by atoms with Gasteiger partial charge in [0.2, 0.25) is 11.0 Å². The normalized spacial score (nSPS) is 11.2. The predicted molar refractivity (Wildman–Crippen MR) is 178 cm³/mol. The third-order valence-electron chi connectivity index (χ3n) is 9.04. The molecule has 9 rings (SSSR count). The fourth-order valence-corrected chi connectivity index (χ4v) is 7.12. The van der Waals surface area contributed by atoms with Crippen LogP contribution in [0.2, 0.25) is 0 Å². The Bertz CT molecular complexity index is 2680. The minimum Gasteiger partial charge on any atom is -0.868 e. The molecule has 0 spiro atoms. The molecule has 0 saturated heterocycles. The van der Waals surface area contributed by atoms with E-state index in [1.165, 1.54) is 6.33 Å². The summed E-state index contributed by atoms with van der Waals surface area (Å²) >= 11 is 0. The van der Waals surface area contributed by atoms with Crippen molar-refractivity contribution in [2.45, 2.75) is 0 Å². The van der Waals surface area contributed by atoms with E-state index in [1.807, 2.05) is 48.8 Å². The first-order valence-corrected chi connectivity index (χ1v) is 15.1. The molecule has 6 aromatic carbocycles. The van der Waals surface area contributed by atoms with Crippen molar-refractivity contribution in [2.75, 3.05) is 0 Å². The molecule has 3 aromatic heterocycles. The molecular formula is C40H24Li2N4O2+2. The summed E-state index contributed by atoms with van der Waals surface area (Å²) in [4.78, 5) is 15.0. The average molecular weight is 607 g/mol. The molecule has 0 amide bonds. The first-order valence-electron chi connectivity index (χ1n) is 15.1. The van der Waals surface area contributed by atoms with Gasteiger partial charge in [0.05, 0.1) is 10.8 Å². The average Bonchev–Trinajstić information content (AvgIpc) is 3.12. The number of benzene rings is 6. The van der Waals surface area contributed by atoms with Crippen LogP contribution < -0.4 is 57.9 Å². The van der Waals surface area contributed by atoms with Crippen molar-refractivity contribution in [3.63, 3.8) is 0 Å². The Morgan fingerprint density at radius 1 is 0.438 bits per heavy atom. The van der Waals surface area contributed by atoms with Crippen LogP contribution in [0.5, 0.6) is 11.5 Å². The van der Waals surface area contributed by atoms with Crippen LogP contribution in [0.3, 0.4) is 0 Å². The summed E-state index contributed by atoms with van der Waals surface area (Å²) in [5, 5.41) is 34.0. The molecule has 0 aliphatic rings. The maximum Gasteiger partial charge on any atom is 1.00 e. The zero-order chi connectivity index (χ0) is 30.8. The molecule has 0 bridgehead atoms. The first-order chi connectivity index (χ1) is 22.7. The second kappa shape index (κ2) is 12.4. The van der Waals surface area contributed by atoms with E-state index in [0.717, 1.165) is 76.5 Å². The van der Waals surface area contributed by atoms with E-state index in [0.29, 0.717) is 11.0 Å². The van der Waals surface area contributed by atoms with Crippen molar-refractivity contribution in [1.29, 1.82) is 0 Å². The van der Waals surface area contributed by atoms with E-state index in [4.69, 9.17) is 0 Å².